The number of carbonyl (C=O) groups is 3. The quantitative estimate of drug-likeness (QED) is 0.325. The second-order valence-electron chi connectivity index (χ2n) is 6.20. The molecule has 1 aliphatic heterocycles. The summed E-state index contributed by atoms with van der Waals surface area (Å²) in [4.78, 5) is 38.3. The van der Waals surface area contributed by atoms with Gasteiger partial charge in [-0.25, -0.2) is 13.6 Å². The smallest absolute Gasteiger partial charge is 0.330 e. The lowest BCUT2D eigenvalue weighted by Gasteiger charge is -2.36. The van der Waals surface area contributed by atoms with Crippen molar-refractivity contribution in [3.8, 4) is 0 Å². The number of hydrogen-bond donors (Lipinski definition) is 3. The first-order chi connectivity index (χ1) is 13.3. The van der Waals surface area contributed by atoms with Gasteiger partial charge in [0.15, 0.2) is 17.7 Å². The van der Waals surface area contributed by atoms with Crippen LogP contribution in [0.3, 0.4) is 0 Å². The second-order valence-corrected chi connectivity index (χ2v) is 6.20. The summed E-state index contributed by atoms with van der Waals surface area (Å²) in [5.41, 5.74) is 5.18. The molecule has 0 saturated carbocycles. The summed E-state index contributed by atoms with van der Waals surface area (Å²) < 4.78 is 32.5. The molecule has 1 aliphatic rings. The van der Waals surface area contributed by atoms with Crippen molar-refractivity contribution in [2.45, 2.75) is 12.5 Å². The van der Waals surface area contributed by atoms with Gasteiger partial charge in [-0.3, -0.25) is 9.59 Å². The van der Waals surface area contributed by atoms with Crippen molar-refractivity contribution >= 4 is 29.2 Å². The Bertz CT molecular complexity index is 730. The van der Waals surface area contributed by atoms with Gasteiger partial charge < -0.3 is 30.7 Å². The van der Waals surface area contributed by atoms with Gasteiger partial charge in [0.25, 0.3) is 0 Å². The Morgan fingerprint density at radius 1 is 1.21 bits per heavy atom. The Labute approximate surface area is 160 Å². The standard InChI is InChI=1S/C17H22F2N4O5/c1-28-17(27)13(9-24)21-14(25)8-15(26)22-2-4-23(5-3-22)16-11(18)6-10(20)7-12(16)19/h6-7,13,24H,2-5,8-9,20H2,1H3,(H,21,25). The van der Waals surface area contributed by atoms with Gasteiger partial charge in [0.1, 0.15) is 12.1 Å². The van der Waals surface area contributed by atoms with Crippen molar-refractivity contribution < 1.29 is 33.0 Å². The number of ether oxygens (including phenoxy) is 1. The number of aliphatic hydroxyl groups is 1. The minimum Gasteiger partial charge on any atom is -0.467 e. The van der Waals surface area contributed by atoms with Crippen molar-refractivity contribution in [2.24, 2.45) is 0 Å². The van der Waals surface area contributed by atoms with Crippen LogP contribution in [0, 0.1) is 11.6 Å². The van der Waals surface area contributed by atoms with E-state index in [1.807, 2.05) is 0 Å². The van der Waals surface area contributed by atoms with Crippen LogP contribution in [0.25, 0.3) is 0 Å². The van der Waals surface area contributed by atoms with Crippen molar-refractivity contribution in [2.75, 3.05) is 50.5 Å². The molecular weight excluding hydrogens is 378 g/mol. The number of carbonyl (C=O) groups excluding carboxylic acids is 3. The number of amides is 2. The number of esters is 1. The van der Waals surface area contributed by atoms with Crippen molar-refractivity contribution in [3.05, 3.63) is 23.8 Å². The maximum Gasteiger partial charge on any atom is 0.330 e. The summed E-state index contributed by atoms with van der Waals surface area (Å²) in [6.45, 7) is 0.00861. The van der Waals surface area contributed by atoms with Crippen molar-refractivity contribution in [3.63, 3.8) is 0 Å². The number of hydrogen-bond acceptors (Lipinski definition) is 7. The number of nitrogens with two attached hydrogens (primary N) is 1. The van der Waals surface area contributed by atoms with E-state index in [9.17, 15) is 23.2 Å². The van der Waals surface area contributed by atoms with E-state index in [1.54, 1.807) is 0 Å². The molecule has 0 spiro atoms. The summed E-state index contributed by atoms with van der Waals surface area (Å²) in [7, 11) is 1.11. The monoisotopic (exact) mass is 400 g/mol. The molecule has 1 fully saturated rings. The van der Waals surface area contributed by atoms with Gasteiger partial charge >= 0.3 is 5.97 Å². The van der Waals surface area contributed by atoms with E-state index in [2.05, 4.69) is 10.1 Å². The Kier molecular flexibility index (Phi) is 7.10. The fraction of sp³-hybridized carbons (Fsp3) is 0.471. The van der Waals surface area contributed by atoms with Crippen LogP contribution in [-0.2, 0) is 19.1 Å². The number of nitrogens with zero attached hydrogens (tertiary/aromatic N) is 2. The zero-order valence-corrected chi connectivity index (χ0v) is 15.3. The van der Waals surface area contributed by atoms with Crippen LogP contribution in [-0.4, -0.2) is 73.7 Å². The highest BCUT2D eigenvalue weighted by Gasteiger charge is 2.27. The molecule has 1 aromatic carbocycles. The molecule has 0 aliphatic carbocycles. The van der Waals surface area contributed by atoms with Crippen LogP contribution in [0.15, 0.2) is 12.1 Å². The molecule has 154 valence electrons. The molecule has 2 rings (SSSR count). The van der Waals surface area contributed by atoms with Gasteiger partial charge in [-0.1, -0.05) is 0 Å². The maximum absolute atomic E-state index is 14.0. The first-order valence-corrected chi connectivity index (χ1v) is 8.52. The molecule has 28 heavy (non-hydrogen) atoms. The third kappa shape index (κ3) is 5.06. The van der Waals surface area contributed by atoms with Crippen LogP contribution < -0.4 is 16.0 Å². The number of anilines is 2. The highest BCUT2D eigenvalue weighted by Crippen LogP contribution is 2.27. The number of benzene rings is 1. The Hall–Kier alpha value is -2.95. The first-order valence-electron chi connectivity index (χ1n) is 8.52. The molecular formula is C17H22F2N4O5. The number of halogens is 2. The minimum atomic E-state index is -1.25. The number of nitrogen functional groups attached to an aromatic ring is 1. The fourth-order valence-corrected chi connectivity index (χ4v) is 2.88. The summed E-state index contributed by atoms with van der Waals surface area (Å²) in [6.07, 6.45) is -0.530. The zero-order chi connectivity index (χ0) is 20.8. The lowest BCUT2D eigenvalue weighted by molar-refractivity contribution is -0.147. The van der Waals surface area contributed by atoms with Crippen LogP contribution in [0.4, 0.5) is 20.2 Å². The molecule has 0 bridgehead atoms. The zero-order valence-electron chi connectivity index (χ0n) is 15.3. The summed E-state index contributed by atoms with van der Waals surface area (Å²) in [5.74, 6) is -3.64. The lowest BCUT2D eigenvalue weighted by Crippen LogP contribution is -2.51. The molecule has 1 heterocycles. The van der Waals surface area contributed by atoms with E-state index in [0.717, 1.165) is 19.2 Å². The number of rotatable bonds is 6. The predicted octanol–water partition coefficient (Wildman–Crippen LogP) is -0.764. The number of nitrogens with one attached hydrogen (secondary N) is 1. The minimum absolute atomic E-state index is 0.0216. The molecule has 1 atom stereocenters. The molecule has 2 amide bonds. The SMILES string of the molecule is COC(=O)C(CO)NC(=O)CC(=O)N1CCN(c2c(F)cc(N)cc2F)CC1. The van der Waals surface area contributed by atoms with Gasteiger partial charge in [-0.2, -0.15) is 0 Å². The predicted molar refractivity (Wildman–Crippen MR) is 95.2 cm³/mol. The van der Waals surface area contributed by atoms with Crippen LogP contribution in [0.5, 0.6) is 0 Å². The molecule has 1 aromatic rings. The van der Waals surface area contributed by atoms with Gasteiger partial charge in [-0.15, -0.1) is 0 Å². The Balaban J connectivity index is 1.90. The topological polar surface area (TPSA) is 125 Å². The average Bonchev–Trinajstić information content (AvgIpc) is 2.65. The number of aliphatic hydroxyl groups excluding tert-OH is 1. The van der Waals surface area contributed by atoms with Crippen LogP contribution in [0.2, 0.25) is 0 Å². The van der Waals surface area contributed by atoms with E-state index in [0.29, 0.717) is 0 Å². The van der Waals surface area contributed by atoms with Crippen LogP contribution >= 0.6 is 0 Å². The number of methoxy groups -OCH3 is 1. The van der Waals surface area contributed by atoms with E-state index < -0.39 is 48.5 Å². The highest BCUT2D eigenvalue weighted by molar-refractivity contribution is 5.98. The van der Waals surface area contributed by atoms with Gasteiger partial charge in [-0.05, 0) is 12.1 Å². The van der Waals surface area contributed by atoms with Gasteiger partial charge in [0, 0.05) is 31.9 Å². The highest BCUT2D eigenvalue weighted by atomic mass is 19.1. The third-order valence-corrected chi connectivity index (χ3v) is 4.30. The molecule has 9 nitrogen and oxygen atoms in total. The second kappa shape index (κ2) is 9.31. The van der Waals surface area contributed by atoms with Crippen LogP contribution in [0.1, 0.15) is 6.42 Å². The maximum atomic E-state index is 14.0. The average molecular weight is 400 g/mol. The van der Waals surface area contributed by atoms with E-state index in [-0.39, 0.29) is 37.6 Å². The van der Waals surface area contributed by atoms with Crippen molar-refractivity contribution in [1.29, 1.82) is 0 Å². The fourth-order valence-electron chi connectivity index (χ4n) is 2.88. The summed E-state index contributed by atoms with van der Waals surface area (Å²) >= 11 is 0. The normalized spacial score (nSPS) is 15.1. The summed E-state index contributed by atoms with van der Waals surface area (Å²) in [6, 6.07) is 0.803. The largest absolute Gasteiger partial charge is 0.467 e. The molecule has 1 saturated heterocycles. The van der Waals surface area contributed by atoms with Crippen molar-refractivity contribution in [1.82, 2.24) is 10.2 Å². The summed E-state index contributed by atoms with van der Waals surface area (Å²) in [5, 5.41) is 11.3. The lowest BCUT2D eigenvalue weighted by atomic mass is 10.2. The molecule has 4 N–H and O–H groups in total. The number of piperazine rings is 1. The van der Waals surface area contributed by atoms with E-state index in [1.165, 1.54) is 9.80 Å². The molecule has 0 radical (unpaired) electrons. The first kappa shape index (κ1) is 21.4. The van der Waals surface area contributed by atoms with Gasteiger partial charge in [0.05, 0.1) is 13.7 Å². The molecule has 1 unspecified atom stereocenters. The third-order valence-electron chi connectivity index (χ3n) is 4.30. The molecule has 0 aromatic heterocycles. The van der Waals surface area contributed by atoms with E-state index >= 15 is 0 Å². The van der Waals surface area contributed by atoms with E-state index in [4.69, 9.17) is 10.8 Å². The Morgan fingerprint density at radius 3 is 2.29 bits per heavy atom. The Morgan fingerprint density at radius 2 is 1.79 bits per heavy atom. The molecule has 11 heteroatoms. The van der Waals surface area contributed by atoms with Gasteiger partial charge in [0.2, 0.25) is 11.8 Å².